The van der Waals surface area contributed by atoms with Gasteiger partial charge in [-0.25, -0.2) is 0 Å². The highest BCUT2D eigenvalue weighted by Gasteiger charge is 2.57. The lowest BCUT2D eigenvalue weighted by Crippen LogP contribution is -2.69. The summed E-state index contributed by atoms with van der Waals surface area (Å²) < 4.78 is 22.2. The van der Waals surface area contributed by atoms with E-state index in [1.165, 1.54) is 6.92 Å². The van der Waals surface area contributed by atoms with Gasteiger partial charge in [0, 0.05) is 12.6 Å². The summed E-state index contributed by atoms with van der Waals surface area (Å²) in [6.07, 6.45) is -0.834. The second kappa shape index (κ2) is 6.89. The Kier molecular flexibility index (Phi) is 4.94. The number of β-lactam (4-membered cyclic amide) rings is 1. The molecule has 7 heteroatoms. The molecule has 142 valence electrons. The van der Waals surface area contributed by atoms with Crippen LogP contribution < -0.4 is 9.64 Å². The zero-order valence-corrected chi connectivity index (χ0v) is 15.7. The molecule has 0 aromatic heterocycles. The quantitative estimate of drug-likeness (QED) is 0.589. The fourth-order valence-corrected chi connectivity index (χ4v) is 3.67. The Bertz CT molecular complexity index is 686. The summed E-state index contributed by atoms with van der Waals surface area (Å²) >= 11 is 0. The molecule has 0 spiro atoms. The van der Waals surface area contributed by atoms with Crippen LogP contribution in [-0.2, 0) is 23.8 Å². The Morgan fingerprint density at radius 1 is 1.31 bits per heavy atom. The van der Waals surface area contributed by atoms with Crippen molar-refractivity contribution in [2.45, 2.75) is 51.7 Å². The van der Waals surface area contributed by atoms with Gasteiger partial charge < -0.3 is 23.8 Å². The van der Waals surface area contributed by atoms with E-state index in [1.54, 1.807) is 31.1 Å². The molecular weight excluding hydrogens is 338 g/mol. The van der Waals surface area contributed by atoms with Gasteiger partial charge in [0.15, 0.2) is 5.79 Å². The standard InChI is InChI=1S/C19H25NO6/c1-11(25-12(2)21)16-17(15-10-24-19(3,4)26-15)20(18(16)22)13-6-8-14(23-5)9-7-13/h6-9,11,15-17H,10H2,1-5H3/t11-,15-,16-,17-/m1/s1. The van der Waals surface area contributed by atoms with Crippen molar-refractivity contribution in [2.24, 2.45) is 5.92 Å². The Morgan fingerprint density at radius 2 is 1.96 bits per heavy atom. The van der Waals surface area contributed by atoms with Crippen molar-refractivity contribution in [3.63, 3.8) is 0 Å². The predicted molar refractivity (Wildman–Crippen MR) is 93.9 cm³/mol. The zero-order chi connectivity index (χ0) is 19.1. The lowest BCUT2D eigenvalue weighted by atomic mass is 9.79. The summed E-state index contributed by atoms with van der Waals surface area (Å²) in [4.78, 5) is 25.9. The number of amides is 1. The number of benzene rings is 1. The van der Waals surface area contributed by atoms with E-state index in [1.807, 2.05) is 26.0 Å². The molecule has 0 bridgehead atoms. The fourth-order valence-electron chi connectivity index (χ4n) is 3.67. The third-order valence-electron chi connectivity index (χ3n) is 4.81. The normalized spacial score (nSPS) is 28.4. The fraction of sp³-hybridized carbons (Fsp3) is 0.579. The number of methoxy groups -OCH3 is 1. The number of carbonyl (C=O) groups excluding carboxylic acids is 2. The molecule has 0 radical (unpaired) electrons. The molecule has 7 nitrogen and oxygen atoms in total. The van der Waals surface area contributed by atoms with E-state index in [0.717, 1.165) is 5.69 Å². The molecule has 1 aromatic rings. The van der Waals surface area contributed by atoms with Crippen molar-refractivity contribution in [1.29, 1.82) is 0 Å². The van der Waals surface area contributed by atoms with Crippen LogP contribution in [0.5, 0.6) is 5.75 Å². The van der Waals surface area contributed by atoms with Crippen molar-refractivity contribution in [3.05, 3.63) is 24.3 Å². The van der Waals surface area contributed by atoms with Crippen LogP contribution in [0.4, 0.5) is 5.69 Å². The molecule has 4 atom stereocenters. The number of hydrogen-bond donors (Lipinski definition) is 0. The van der Waals surface area contributed by atoms with E-state index in [4.69, 9.17) is 18.9 Å². The first-order valence-corrected chi connectivity index (χ1v) is 8.69. The number of anilines is 1. The predicted octanol–water partition coefficient (Wildman–Crippen LogP) is 2.13. The second-order valence-corrected chi connectivity index (χ2v) is 7.10. The van der Waals surface area contributed by atoms with E-state index < -0.39 is 23.8 Å². The van der Waals surface area contributed by atoms with E-state index in [0.29, 0.717) is 12.4 Å². The minimum absolute atomic E-state index is 0.0952. The van der Waals surface area contributed by atoms with Crippen molar-refractivity contribution in [1.82, 2.24) is 0 Å². The molecule has 1 aromatic carbocycles. The molecule has 0 aliphatic carbocycles. The van der Waals surface area contributed by atoms with Crippen LogP contribution in [0.15, 0.2) is 24.3 Å². The Labute approximate surface area is 153 Å². The van der Waals surface area contributed by atoms with Gasteiger partial charge in [-0.15, -0.1) is 0 Å². The van der Waals surface area contributed by atoms with Crippen molar-refractivity contribution < 1.29 is 28.5 Å². The van der Waals surface area contributed by atoms with Gasteiger partial charge in [0.05, 0.1) is 25.7 Å². The minimum atomic E-state index is -0.704. The molecule has 0 unspecified atom stereocenters. The van der Waals surface area contributed by atoms with Crippen LogP contribution in [0, 0.1) is 5.92 Å². The number of rotatable bonds is 5. The van der Waals surface area contributed by atoms with E-state index in [2.05, 4.69) is 0 Å². The zero-order valence-electron chi connectivity index (χ0n) is 15.7. The highest BCUT2D eigenvalue weighted by Crippen LogP contribution is 2.41. The number of carbonyl (C=O) groups is 2. The second-order valence-electron chi connectivity index (χ2n) is 7.10. The van der Waals surface area contributed by atoms with Crippen LogP contribution in [0.25, 0.3) is 0 Å². The van der Waals surface area contributed by atoms with Crippen LogP contribution in [-0.4, -0.2) is 49.6 Å². The van der Waals surface area contributed by atoms with Gasteiger partial charge in [0.25, 0.3) is 0 Å². The van der Waals surface area contributed by atoms with Gasteiger partial charge in [-0.3, -0.25) is 9.59 Å². The van der Waals surface area contributed by atoms with Gasteiger partial charge in [-0.2, -0.15) is 0 Å². The number of esters is 1. The Morgan fingerprint density at radius 3 is 2.46 bits per heavy atom. The molecule has 2 aliphatic heterocycles. The maximum absolute atomic E-state index is 12.9. The van der Waals surface area contributed by atoms with Gasteiger partial charge in [0.1, 0.15) is 18.0 Å². The molecule has 2 saturated heterocycles. The molecule has 3 rings (SSSR count). The average Bonchev–Trinajstić information content (AvgIpc) is 2.91. The van der Waals surface area contributed by atoms with Crippen LogP contribution in [0.3, 0.4) is 0 Å². The highest BCUT2D eigenvalue weighted by atomic mass is 16.7. The molecule has 2 aliphatic rings. The summed E-state index contributed by atoms with van der Waals surface area (Å²) in [6.45, 7) is 7.14. The summed E-state index contributed by atoms with van der Waals surface area (Å²) in [5.41, 5.74) is 0.750. The lowest BCUT2D eigenvalue weighted by Gasteiger charge is -2.50. The first-order valence-electron chi connectivity index (χ1n) is 8.69. The maximum Gasteiger partial charge on any atom is 0.302 e. The van der Waals surface area contributed by atoms with Gasteiger partial charge in [-0.05, 0) is 45.0 Å². The lowest BCUT2D eigenvalue weighted by molar-refractivity contribution is -0.164. The molecule has 0 N–H and O–H groups in total. The summed E-state index contributed by atoms with van der Waals surface area (Å²) in [6, 6.07) is 7.00. The van der Waals surface area contributed by atoms with Crippen LogP contribution in [0.1, 0.15) is 27.7 Å². The third kappa shape index (κ3) is 3.41. The van der Waals surface area contributed by atoms with Gasteiger partial charge >= 0.3 is 5.97 Å². The van der Waals surface area contributed by atoms with Crippen molar-refractivity contribution in [2.75, 3.05) is 18.6 Å². The first kappa shape index (κ1) is 18.7. The van der Waals surface area contributed by atoms with Gasteiger partial charge in [0.2, 0.25) is 5.91 Å². The molecule has 26 heavy (non-hydrogen) atoms. The number of nitrogens with zero attached hydrogens (tertiary/aromatic N) is 1. The molecule has 0 saturated carbocycles. The molecule has 2 heterocycles. The Balaban J connectivity index is 1.87. The molecule has 2 fully saturated rings. The van der Waals surface area contributed by atoms with Crippen LogP contribution in [0.2, 0.25) is 0 Å². The van der Waals surface area contributed by atoms with Gasteiger partial charge in [-0.1, -0.05) is 0 Å². The van der Waals surface area contributed by atoms with E-state index in [-0.39, 0.29) is 18.1 Å². The topological polar surface area (TPSA) is 74.3 Å². The molecular formula is C19H25NO6. The number of hydrogen-bond acceptors (Lipinski definition) is 6. The largest absolute Gasteiger partial charge is 0.497 e. The SMILES string of the molecule is COc1ccc(N2C(=O)[C@H]([C@@H](C)OC(C)=O)[C@H]2[C@H]2COC(C)(C)O2)cc1. The summed E-state index contributed by atoms with van der Waals surface area (Å²) in [5, 5.41) is 0. The van der Waals surface area contributed by atoms with E-state index in [9.17, 15) is 9.59 Å². The Hall–Kier alpha value is -2.12. The average molecular weight is 363 g/mol. The summed E-state index contributed by atoms with van der Waals surface area (Å²) in [7, 11) is 1.59. The highest BCUT2D eigenvalue weighted by molar-refractivity contribution is 6.03. The minimum Gasteiger partial charge on any atom is -0.497 e. The maximum atomic E-state index is 12.9. The molecule has 1 amide bonds. The number of ether oxygens (including phenoxy) is 4. The van der Waals surface area contributed by atoms with Crippen molar-refractivity contribution in [3.8, 4) is 5.75 Å². The van der Waals surface area contributed by atoms with E-state index >= 15 is 0 Å². The monoisotopic (exact) mass is 363 g/mol. The third-order valence-corrected chi connectivity index (χ3v) is 4.81. The smallest absolute Gasteiger partial charge is 0.302 e. The van der Waals surface area contributed by atoms with Crippen LogP contribution >= 0.6 is 0 Å². The summed E-state index contributed by atoms with van der Waals surface area (Å²) in [5.74, 6) is -0.962. The first-order chi connectivity index (χ1) is 12.2. The van der Waals surface area contributed by atoms with Crippen molar-refractivity contribution >= 4 is 17.6 Å².